The normalized spacial score (nSPS) is 16.3. The van der Waals surface area contributed by atoms with Crippen LogP contribution in [0.15, 0.2) is 18.2 Å². The molecule has 0 spiro atoms. The molecular formula is C14H17FN2O3. The van der Waals surface area contributed by atoms with Crippen LogP contribution in [0.5, 0.6) is 0 Å². The van der Waals surface area contributed by atoms with Gasteiger partial charge in [-0.15, -0.1) is 0 Å². The molecule has 6 heteroatoms. The third kappa shape index (κ3) is 2.79. The zero-order valence-electron chi connectivity index (χ0n) is 11.3. The molecule has 0 bridgehead atoms. The number of halogens is 1. The maximum atomic E-state index is 13.6. The van der Waals surface area contributed by atoms with Gasteiger partial charge in [-0.05, 0) is 30.7 Å². The van der Waals surface area contributed by atoms with Crippen LogP contribution in [-0.4, -0.2) is 17.4 Å². The van der Waals surface area contributed by atoms with Crippen molar-refractivity contribution in [3.63, 3.8) is 0 Å². The Morgan fingerprint density at radius 1 is 1.50 bits per heavy atom. The van der Waals surface area contributed by atoms with Crippen LogP contribution in [0.4, 0.5) is 10.1 Å². The Balaban J connectivity index is 2.09. The molecule has 0 unspecified atom stereocenters. The molecule has 108 valence electrons. The largest absolute Gasteiger partial charge is 0.351 e. The molecule has 0 heterocycles. The van der Waals surface area contributed by atoms with Crippen molar-refractivity contribution in [1.82, 2.24) is 5.32 Å². The first kappa shape index (κ1) is 14.4. The summed E-state index contributed by atoms with van der Waals surface area (Å²) in [4.78, 5) is 22.0. The molecule has 0 aliphatic heterocycles. The monoisotopic (exact) mass is 280 g/mol. The highest BCUT2D eigenvalue weighted by Crippen LogP contribution is 2.43. The van der Waals surface area contributed by atoms with Crippen molar-refractivity contribution in [2.45, 2.75) is 32.6 Å². The summed E-state index contributed by atoms with van der Waals surface area (Å²) < 4.78 is 13.6. The molecule has 2 rings (SSSR count). The van der Waals surface area contributed by atoms with Gasteiger partial charge in [0, 0.05) is 18.7 Å². The quantitative estimate of drug-likeness (QED) is 0.665. The average molecular weight is 280 g/mol. The van der Waals surface area contributed by atoms with Gasteiger partial charge >= 0.3 is 0 Å². The van der Waals surface area contributed by atoms with Crippen molar-refractivity contribution < 1.29 is 14.1 Å². The lowest BCUT2D eigenvalue weighted by atomic mass is 9.67. The van der Waals surface area contributed by atoms with E-state index in [0.717, 1.165) is 43.9 Å². The molecule has 1 aliphatic carbocycles. The van der Waals surface area contributed by atoms with Crippen LogP contribution in [0.3, 0.4) is 0 Å². The Morgan fingerprint density at radius 3 is 2.70 bits per heavy atom. The first-order chi connectivity index (χ1) is 9.47. The summed E-state index contributed by atoms with van der Waals surface area (Å²) in [6, 6.07) is 2.97. The Bertz CT molecular complexity index is 536. The molecule has 1 aliphatic rings. The number of rotatable bonds is 5. The van der Waals surface area contributed by atoms with Gasteiger partial charge in [0.2, 0.25) is 0 Å². The van der Waals surface area contributed by atoms with Crippen LogP contribution in [0.2, 0.25) is 0 Å². The SMILES string of the molecule is CCC1(CNC(=O)c2cc([N+](=O)[O-])ccc2F)CCC1. The van der Waals surface area contributed by atoms with Gasteiger partial charge < -0.3 is 5.32 Å². The number of carbonyl (C=O) groups excluding carboxylic acids is 1. The number of amides is 1. The molecule has 1 saturated carbocycles. The fraction of sp³-hybridized carbons (Fsp3) is 0.500. The van der Waals surface area contributed by atoms with E-state index < -0.39 is 16.6 Å². The van der Waals surface area contributed by atoms with Crippen LogP contribution >= 0.6 is 0 Å². The van der Waals surface area contributed by atoms with Crippen LogP contribution in [0.25, 0.3) is 0 Å². The topological polar surface area (TPSA) is 72.2 Å². The number of carbonyl (C=O) groups is 1. The number of hydrogen-bond donors (Lipinski definition) is 1. The number of nitrogens with zero attached hydrogens (tertiary/aromatic N) is 1. The number of hydrogen-bond acceptors (Lipinski definition) is 3. The van der Waals surface area contributed by atoms with Gasteiger partial charge in [-0.1, -0.05) is 13.3 Å². The van der Waals surface area contributed by atoms with Crippen molar-refractivity contribution in [3.05, 3.63) is 39.7 Å². The second-order valence-corrected chi connectivity index (χ2v) is 5.31. The fourth-order valence-electron chi connectivity index (χ4n) is 2.50. The minimum absolute atomic E-state index is 0.118. The van der Waals surface area contributed by atoms with Gasteiger partial charge in [0.1, 0.15) is 5.82 Å². The smallest absolute Gasteiger partial charge is 0.270 e. The van der Waals surface area contributed by atoms with Crippen LogP contribution in [0.1, 0.15) is 43.0 Å². The molecule has 1 amide bonds. The summed E-state index contributed by atoms with van der Waals surface area (Å²) in [5.41, 5.74) is -0.442. The highest BCUT2D eigenvalue weighted by atomic mass is 19.1. The number of nitro benzene ring substituents is 1. The van der Waals surface area contributed by atoms with Crippen LogP contribution in [-0.2, 0) is 0 Å². The number of benzene rings is 1. The van der Waals surface area contributed by atoms with E-state index in [-0.39, 0.29) is 16.7 Å². The lowest BCUT2D eigenvalue weighted by Crippen LogP contribution is -2.41. The minimum Gasteiger partial charge on any atom is -0.351 e. The van der Waals surface area contributed by atoms with E-state index in [0.29, 0.717) is 6.54 Å². The molecule has 1 aromatic carbocycles. The summed E-state index contributed by atoms with van der Waals surface area (Å²) >= 11 is 0. The molecular weight excluding hydrogens is 263 g/mol. The number of nitrogens with one attached hydrogen (secondary N) is 1. The molecule has 0 saturated heterocycles. The molecule has 0 atom stereocenters. The first-order valence-corrected chi connectivity index (χ1v) is 6.69. The van der Waals surface area contributed by atoms with Crippen LogP contribution in [0, 0.1) is 21.3 Å². The molecule has 20 heavy (non-hydrogen) atoms. The van der Waals surface area contributed by atoms with Crippen LogP contribution < -0.4 is 5.32 Å². The Morgan fingerprint density at radius 2 is 2.20 bits per heavy atom. The fourth-order valence-corrected chi connectivity index (χ4v) is 2.50. The van der Waals surface area contributed by atoms with E-state index in [1.807, 2.05) is 0 Å². The van der Waals surface area contributed by atoms with Gasteiger partial charge in [0.25, 0.3) is 11.6 Å². The zero-order chi connectivity index (χ0) is 14.8. The average Bonchev–Trinajstić information content (AvgIpc) is 2.38. The zero-order valence-corrected chi connectivity index (χ0v) is 11.3. The maximum Gasteiger partial charge on any atom is 0.270 e. The second kappa shape index (κ2) is 5.56. The van der Waals surface area contributed by atoms with Crippen molar-refractivity contribution in [2.75, 3.05) is 6.54 Å². The van der Waals surface area contributed by atoms with Gasteiger partial charge in [0.05, 0.1) is 10.5 Å². The molecule has 0 aromatic heterocycles. The minimum atomic E-state index is -0.743. The Labute approximate surface area is 116 Å². The number of nitro groups is 1. The van der Waals surface area contributed by atoms with E-state index in [9.17, 15) is 19.3 Å². The molecule has 1 N–H and O–H groups in total. The maximum absolute atomic E-state index is 13.6. The van der Waals surface area contributed by atoms with Gasteiger partial charge in [-0.3, -0.25) is 14.9 Å². The van der Waals surface area contributed by atoms with Gasteiger partial charge in [0.15, 0.2) is 0 Å². The first-order valence-electron chi connectivity index (χ1n) is 6.69. The molecule has 1 fully saturated rings. The van der Waals surface area contributed by atoms with Gasteiger partial charge in [-0.25, -0.2) is 4.39 Å². The third-order valence-electron chi connectivity index (χ3n) is 4.19. The summed E-state index contributed by atoms with van der Waals surface area (Å²) in [5, 5.41) is 13.4. The van der Waals surface area contributed by atoms with E-state index in [2.05, 4.69) is 12.2 Å². The summed E-state index contributed by atoms with van der Waals surface area (Å²) in [6.45, 7) is 2.56. The predicted molar refractivity (Wildman–Crippen MR) is 72.0 cm³/mol. The standard InChI is InChI=1S/C14H17FN2O3/c1-2-14(6-3-7-14)9-16-13(18)11-8-10(17(19)20)4-5-12(11)15/h4-5,8H,2-3,6-7,9H2,1H3,(H,16,18). The van der Waals surface area contributed by atoms with E-state index in [4.69, 9.17) is 0 Å². The van der Waals surface area contributed by atoms with Crippen molar-refractivity contribution in [3.8, 4) is 0 Å². The summed E-state index contributed by atoms with van der Waals surface area (Å²) in [7, 11) is 0. The summed E-state index contributed by atoms with van der Waals surface area (Å²) in [5.74, 6) is -1.34. The lowest BCUT2D eigenvalue weighted by molar-refractivity contribution is -0.384. The number of non-ortho nitro benzene ring substituents is 1. The van der Waals surface area contributed by atoms with Crippen molar-refractivity contribution in [2.24, 2.45) is 5.41 Å². The molecule has 1 aromatic rings. The van der Waals surface area contributed by atoms with E-state index in [1.54, 1.807) is 0 Å². The molecule has 5 nitrogen and oxygen atoms in total. The molecule has 0 radical (unpaired) electrons. The predicted octanol–water partition coefficient (Wildman–Crippen LogP) is 3.04. The summed E-state index contributed by atoms with van der Waals surface area (Å²) in [6.07, 6.45) is 4.22. The highest BCUT2D eigenvalue weighted by molar-refractivity contribution is 5.95. The lowest BCUT2D eigenvalue weighted by Gasteiger charge is -2.41. The van der Waals surface area contributed by atoms with Crippen molar-refractivity contribution >= 4 is 11.6 Å². The second-order valence-electron chi connectivity index (χ2n) is 5.31. The third-order valence-corrected chi connectivity index (χ3v) is 4.19. The van der Waals surface area contributed by atoms with E-state index in [1.165, 1.54) is 0 Å². The highest BCUT2D eigenvalue weighted by Gasteiger charge is 2.35. The Hall–Kier alpha value is -1.98. The van der Waals surface area contributed by atoms with Gasteiger partial charge in [-0.2, -0.15) is 0 Å². The van der Waals surface area contributed by atoms with Crippen molar-refractivity contribution in [1.29, 1.82) is 0 Å². The Kier molecular flexibility index (Phi) is 4.01. The van der Waals surface area contributed by atoms with E-state index >= 15 is 0 Å².